The van der Waals surface area contributed by atoms with E-state index in [1.807, 2.05) is 6.07 Å². The molecular weight excluding hydrogens is 363 g/mol. The Morgan fingerprint density at radius 1 is 1.26 bits per heavy atom. The molecule has 0 amide bonds. The molecule has 2 aromatic rings. The second kappa shape index (κ2) is 7.58. The predicted molar refractivity (Wildman–Crippen MR) is 112 cm³/mol. The van der Waals surface area contributed by atoms with Gasteiger partial charge in [-0.15, -0.1) is 11.3 Å². The number of fused-ring (bicyclic) bond motifs is 1. The van der Waals surface area contributed by atoms with Crippen LogP contribution in [0.15, 0.2) is 12.1 Å². The highest BCUT2D eigenvalue weighted by Gasteiger charge is 2.29. The molecule has 6 nitrogen and oxygen atoms in total. The van der Waals surface area contributed by atoms with E-state index in [1.165, 1.54) is 4.57 Å². The molecule has 0 fully saturated rings. The van der Waals surface area contributed by atoms with Gasteiger partial charge < -0.3 is 14.8 Å². The zero-order chi connectivity index (χ0) is 20.7. The van der Waals surface area contributed by atoms with E-state index in [1.54, 1.807) is 38.2 Å². The van der Waals surface area contributed by atoms with E-state index in [0.29, 0.717) is 11.6 Å². The third-order valence-corrected chi connectivity index (χ3v) is 5.79. The second-order valence-corrected chi connectivity index (χ2v) is 10.3. The van der Waals surface area contributed by atoms with Gasteiger partial charge in [-0.2, -0.15) is 0 Å². The van der Waals surface area contributed by atoms with Crippen LogP contribution in [0.4, 0.5) is 4.79 Å². The van der Waals surface area contributed by atoms with Crippen LogP contribution in [0, 0.1) is 5.41 Å². The van der Waals surface area contributed by atoms with E-state index in [0.717, 1.165) is 16.1 Å². The van der Waals surface area contributed by atoms with Gasteiger partial charge in [-0.3, -0.25) is 9.47 Å². The lowest BCUT2D eigenvalue weighted by Gasteiger charge is -2.35. The Morgan fingerprint density at radius 3 is 2.33 bits per heavy atom. The fourth-order valence-electron chi connectivity index (χ4n) is 2.89. The van der Waals surface area contributed by atoms with Crippen molar-refractivity contribution >= 4 is 40.4 Å². The van der Waals surface area contributed by atoms with Gasteiger partial charge in [0.25, 0.3) is 0 Å². The summed E-state index contributed by atoms with van der Waals surface area (Å²) in [5.41, 5.74) is 0.246. The van der Waals surface area contributed by atoms with Crippen LogP contribution in [0.2, 0.25) is 0 Å². The summed E-state index contributed by atoms with van der Waals surface area (Å²) in [6, 6.07) is 3.95. The fourth-order valence-corrected chi connectivity index (χ4v) is 4.04. The summed E-state index contributed by atoms with van der Waals surface area (Å²) < 4.78 is 7.54. The molecule has 0 saturated carbocycles. The lowest BCUT2D eigenvalue weighted by atomic mass is 9.86. The van der Waals surface area contributed by atoms with E-state index in [-0.39, 0.29) is 11.0 Å². The summed E-state index contributed by atoms with van der Waals surface area (Å²) in [6.07, 6.45) is -0.610. The average Bonchev–Trinajstić information content (AvgIpc) is 2.99. The van der Waals surface area contributed by atoms with Gasteiger partial charge in [0.2, 0.25) is 0 Å². The Kier molecular flexibility index (Phi) is 6.16. The number of thiophene rings is 1. The van der Waals surface area contributed by atoms with E-state index in [4.69, 9.17) is 4.74 Å². The predicted octanol–water partition coefficient (Wildman–Crippen LogP) is 3.03. The summed E-state index contributed by atoms with van der Waals surface area (Å²) >= 11 is 1.55. The normalized spacial score (nSPS) is 14.0. The fraction of sp³-hybridized carbons (Fsp3) is 0.632. The SMILES string of the molecule is CC(N(C)Cc1cc2c(cc(B(O)O)n2C(=O)OC(C)(C)C)s1)C(C)(C)C. The molecule has 0 aliphatic carbocycles. The largest absolute Gasteiger partial charge is 0.506 e. The highest BCUT2D eigenvalue weighted by Crippen LogP contribution is 2.30. The maximum Gasteiger partial charge on any atom is 0.506 e. The van der Waals surface area contributed by atoms with Crippen LogP contribution in [0.5, 0.6) is 0 Å². The average molecular weight is 394 g/mol. The van der Waals surface area contributed by atoms with Gasteiger partial charge >= 0.3 is 13.2 Å². The Bertz CT molecular complexity index is 814. The van der Waals surface area contributed by atoms with Gasteiger partial charge in [0.05, 0.1) is 15.8 Å². The van der Waals surface area contributed by atoms with Crippen LogP contribution in [-0.2, 0) is 11.3 Å². The number of ether oxygens (including phenoxy) is 1. The molecule has 0 aromatic carbocycles. The first-order valence-corrected chi connectivity index (χ1v) is 9.96. The molecule has 0 radical (unpaired) electrons. The van der Waals surface area contributed by atoms with Crippen LogP contribution in [0.3, 0.4) is 0 Å². The summed E-state index contributed by atoms with van der Waals surface area (Å²) in [4.78, 5) is 16.0. The Labute approximate surface area is 165 Å². The number of hydrogen-bond donors (Lipinski definition) is 2. The molecule has 2 rings (SSSR count). The lowest BCUT2D eigenvalue weighted by Crippen LogP contribution is -2.41. The molecule has 150 valence electrons. The molecular formula is C19H31BN2O4S. The Hall–Kier alpha value is -1.35. The quantitative estimate of drug-likeness (QED) is 0.780. The summed E-state index contributed by atoms with van der Waals surface area (Å²) in [7, 11) is 0.342. The van der Waals surface area contributed by atoms with Crippen LogP contribution < -0.4 is 5.59 Å². The van der Waals surface area contributed by atoms with Gasteiger partial charge in [-0.1, -0.05) is 20.8 Å². The standard InChI is InChI=1S/C19H31BN2O4S/c1-12(18(2,3)4)21(8)11-13-9-14-15(27-13)10-16(20(24)25)22(14)17(23)26-19(5,6)7/h9-10,12,24-25H,11H2,1-8H3. The van der Waals surface area contributed by atoms with Crippen LogP contribution in [0.1, 0.15) is 53.3 Å². The highest BCUT2D eigenvalue weighted by atomic mass is 32.1. The van der Waals surface area contributed by atoms with E-state index in [2.05, 4.69) is 39.6 Å². The number of carbonyl (C=O) groups is 1. The van der Waals surface area contributed by atoms with Crippen molar-refractivity contribution in [2.24, 2.45) is 5.41 Å². The molecule has 2 aromatic heterocycles. The van der Waals surface area contributed by atoms with Gasteiger partial charge in [0, 0.05) is 17.5 Å². The third kappa shape index (κ3) is 5.13. The first-order chi connectivity index (χ1) is 12.2. The number of rotatable bonds is 4. The van der Waals surface area contributed by atoms with Crippen molar-refractivity contribution in [1.82, 2.24) is 9.47 Å². The van der Waals surface area contributed by atoms with Crippen molar-refractivity contribution in [2.45, 2.75) is 66.7 Å². The third-order valence-electron chi connectivity index (χ3n) is 4.73. The minimum atomic E-state index is -1.75. The summed E-state index contributed by atoms with van der Waals surface area (Å²) in [5, 5.41) is 19.3. The zero-order valence-electron chi connectivity index (χ0n) is 17.5. The van der Waals surface area contributed by atoms with E-state index in [9.17, 15) is 14.8 Å². The minimum Gasteiger partial charge on any atom is -0.443 e. The van der Waals surface area contributed by atoms with Crippen LogP contribution in [0.25, 0.3) is 10.2 Å². The topological polar surface area (TPSA) is 74.9 Å². The second-order valence-electron chi connectivity index (χ2n) is 9.18. The zero-order valence-corrected chi connectivity index (χ0v) is 18.3. The molecule has 0 aliphatic rings. The summed E-state index contributed by atoms with van der Waals surface area (Å²) in [5.74, 6) is 0. The smallest absolute Gasteiger partial charge is 0.443 e. The van der Waals surface area contributed by atoms with Crippen molar-refractivity contribution in [3.05, 3.63) is 17.0 Å². The molecule has 1 unspecified atom stereocenters. The van der Waals surface area contributed by atoms with E-state index >= 15 is 0 Å². The minimum absolute atomic E-state index is 0.119. The first kappa shape index (κ1) is 21.9. The van der Waals surface area contributed by atoms with Crippen molar-refractivity contribution in [1.29, 1.82) is 0 Å². The number of nitrogens with zero attached hydrogens (tertiary/aromatic N) is 2. The first-order valence-electron chi connectivity index (χ1n) is 9.14. The van der Waals surface area contributed by atoms with Crippen LogP contribution in [-0.4, -0.2) is 51.4 Å². The highest BCUT2D eigenvalue weighted by molar-refractivity contribution is 7.19. The van der Waals surface area contributed by atoms with Crippen molar-refractivity contribution in [3.8, 4) is 0 Å². The number of hydrogen-bond acceptors (Lipinski definition) is 6. The summed E-state index contributed by atoms with van der Waals surface area (Å²) in [6.45, 7) is 14.9. The number of aromatic nitrogens is 1. The lowest BCUT2D eigenvalue weighted by molar-refractivity contribution is 0.0548. The molecule has 0 spiro atoms. The maximum atomic E-state index is 12.6. The molecule has 8 heteroatoms. The van der Waals surface area contributed by atoms with E-state index < -0.39 is 18.8 Å². The van der Waals surface area contributed by atoms with Crippen molar-refractivity contribution in [3.63, 3.8) is 0 Å². The van der Waals surface area contributed by atoms with Crippen LogP contribution >= 0.6 is 11.3 Å². The molecule has 27 heavy (non-hydrogen) atoms. The molecule has 2 N–H and O–H groups in total. The van der Waals surface area contributed by atoms with Gasteiger partial charge in [-0.05, 0) is 52.3 Å². The monoisotopic (exact) mass is 394 g/mol. The van der Waals surface area contributed by atoms with Gasteiger partial charge in [0.1, 0.15) is 5.60 Å². The van der Waals surface area contributed by atoms with Gasteiger partial charge in [0.15, 0.2) is 0 Å². The number of carbonyl (C=O) groups excluding carboxylic acids is 1. The molecule has 0 bridgehead atoms. The Morgan fingerprint density at radius 2 is 1.85 bits per heavy atom. The Balaban J connectivity index is 2.38. The molecule has 2 heterocycles. The molecule has 0 aliphatic heterocycles. The maximum absolute atomic E-state index is 12.6. The van der Waals surface area contributed by atoms with Gasteiger partial charge in [-0.25, -0.2) is 4.79 Å². The molecule has 1 atom stereocenters. The molecule has 0 saturated heterocycles. The van der Waals surface area contributed by atoms with Crippen molar-refractivity contribution in [2.75, 3.05) is 7.05 Å². The van der Waals surface area contributed by atoms with Crippen molar-refractivity contribution < 1.29 is 19.6 Å².